The van der Waals surface area contributed by atoms with Crippen LogP contribution in [0.25, 0.3) is 0 Å². The normalized spacial score (nSPS) is 15.6. The standard InChI is InChI=1S/C16H19N3O3/c20-16(15-4-5-17-18-15)13-2-1-3-14(12-13)22-11-8-19-6-9-21-10-7-19/h1-5,12H,6-11H2,(H,17,18). The summed E-state index contributed by atoms with van der Waals surface area (Å²) < 4.78 is 11.1. The number of carbonyl (C=O) groups is 1. The van der Waals surface area contributed by atoms with E-state index in [4.69, 9.17) is 9.47 Å². The molecule has 1 aromatic carbocycles. The zero-order valence-electron chi connectivity index (χ0n) is 12.3. The van der Waals surface area contributed by atoms with Crippen molar-refractivity contribution in [3.63, 3.8) is 0 Å². The Kier molecular flexibility index (Phi) is 4.82. The first kappa shape index (κ1) is 14.7. The molecule has 3 rings (SSSR count). The predicted octanol–water partition coefficient (Wildman–Crippen LogP) is 1.35. The molecule has 0 aliphatic carbocycles. The summed E-state index contributed by atoms with van der Waals surface area (Å²) in [5.74, 6) is 0.620. The predicted molar refractivity (Wildman–Crippen MR) is 81.2 cm³/mol. The molecule has 0 atom stereocenters. The number of hydrogen-bond acceptors (Lipinski definition) is 5. The molecule has 6 heteroatoms. The van der Waals surface area contributed by atoms with Gasteiger partial charge in [-0.2, -0.15) is 5.10 Å². The number of morpholine rings is 1. The van der Waals surface area contributed by atoms with Crippen LogP contribution in [0.3, 0.4) is 0 Å². The number of nitrogens with zero attached hydrogens (tertiary/aromatic N) is 2. The molecule has 1 aromatic heterocycles. The lowest BCUT2D eigenvalue weighted by atomic mass is 10.1. The Hall–Kier alpha value is -2.18. The molecule has 0 radical (unpaired) electrons. The number of hydrogen-bond donors (Lipinski definition) is 1. The lowest BCUT2D eigenvalue weighted by molar-refractivity contribution is 0.0322. The Morgan fingerprint density at radius 3 is 2.95 bits per heavy atom. The maximum atomic E-state index is 12.2. The Balaban J connectivity index is 1.56. The summed E-state index contributed by atoms with van der Waals surface area (Å²) in [6.07, 6.45) is 1.57. The van der Waals surface area contributed by atoms with Crippen LogP contribution in [0.5, 0.6) is 5.75 Å². The first-order valence-corrected chi connectivity index (χ1v) is 7.40. The lowest BCUT2D eigenvalue weighted by Crippen LogP contribution is -2.38. The Morgan fingerprint density at radius 1 is 1.32 bits per heavy atom. The smallest absolute Gasteiger partial charge is 0.210 e. The molecule has 1 fully saturated rings. The molecular formula is C16H19N3O3. The highest BCUT2D eigenvalue weighted by Gasteiger charge is 2.12. The summed E-state index contributed by atoms with van der Waals surface area (Å²) in [6, 6.07) is 8.89. The maximum absolute atomic E-state index is 12.2. The second kappa shape index (κ2) is 7.20. The molecule has 1 saturated heterocycles. The molecule has 0 unspecified atom stereocenters. The highest BCUT2D eigenvalue weighted by Crippen LogP contribution is 2.16. The van der Waals surface area contributed by atoms with Crippen LogP contribution in [0, 0.1) is 0 Å². The van der Waals surface area contributed by atoms with Gasteiger partial charge in [0.25, 0.3) is 0 Å². The molecule has 2 aromatic rings. The minimum atomic E-state index is -0.0869. The van der Waals surface area contributed by atoms with Crippen LogP contribution in [0.2, 0.25) is 0 Å². The summed E-state index contributed by atoms with van der Waals surface area (Å²) in [4.78, 5) is 14.5. The van der Waals surface area contributed by atoms with E-state index in [2.05, 4.69) is 15.1 Å². The Labute approximate surface area is 129 Å². The quantitative estimate of drug-likeness (QED) is 0.816. The molecule has 1 aliphatic rings. The van der Waals surface area contributed by atoms with Gasteiger partial charge in [-0.15, -0.1) is 0 Å². The van der Waals surface area contributed by atoms with E-state index >= 15 is 0 Å². The van der Waals surface area contributed by atoms with Crippen molar-refractivity contribution in [1.29, 1.82) is 0 Å². The Morgan fingerprint density at radius 2 is 2.18 bits per heavy atom. The molecule has 0 saturated carbocycles. The van der Waals surface area contributed by atoms with E-state index in [1.54, 1.807) is 24.4 Å². The first-order valence-electron chi connectivity index (χ1n) is 7.40. The largest absolute Gasteiger partial charge is 0.492 e. The summed E-state index contributed by atoms with van der Waals surface area (Å²) >= 11 is 0. The average molecular weight is 301 g/mol. The van der Waals surface area contributed by atoms with Crippen LogP contribution >= 0.6 is 0 Å². The number of ether oxygens (including phenoxy) is 2. The summed E-state index contributed by atoms with van der Waals surface area (Å²) in [5.41, 5.74) is 1.07. The van der Waals surface area contributed by atoms with Crippen molar-refractivity contribution in [2.75, 3.05) is 39.5 Å². The van der Waals surface area contributed by atoms with Crippen molar-refractivity contribution in [3.05, 3.63) is 47.8 Å². The fraction of sp³-hybridized carbons (Fsp3) is 0.375. The van der Waals surface area contributed by atoms with Crippen molar-refractivity contribution in [2.45, 2.75) is 0 Å². The molecule has 1 aliphatic heterocycles. The third-order valence-electron chi connectivity index (χ3n) is 3.62. The lowest BCUT2D eigenvalue weighted by Gasteiger charge is -2.26. The van der Waals surface area contributed by atoms with Crippen molar-refractivity contribution < 1.29 is 14.3 Å². The van der Waals surface area contributed by atoms with Gasteiger partial charge in [0, 0.05) is 31.4 Å². The minimum Gasteiger partial charge on any atom is -0.492 e. The highest BCUT2D eigenvalue weighted by molar-refractivity contribution is 6.07. The van der Waals surface area contributed by atoms with Gasteiger partial charge in [-0.25, -0.2) is 0 Å². The van der Waals surface area contributed by atoms with Gasteiger partial charge in [0.2, 0.25) is 5.78 Å². The van der Waals surface area contributed by atoms with Gasteiger partial charge < -0.3 is 9.47 Å². The van der Waals surface area contributed by atoms with Crippen LogP contribution in [-0.2, 0) is 4.74 Å². The number of nitrogens with one attached hydrogen (secondary N) is 1. The van der Waals surface area contributed by atoms with Gasteiger partial charge in [-0.05, 0) is 18.2 Å². The molecule has 2 heterocycles. The van der Waals surface area contributed by atoms with Crippen molar-refractivity contribution in [2.24, 2.45) is 0 Å². The van der Waals surface area contributed by atoms with E-state index in [0.29, 0.717) is 23.6 Å². The summed E-state index contributed by atoms with van der Waals surface area (Å²) in [5, 5.41) is 6.48. The zero-order chi connectivity index (χ0) is 15.2. The van der Waals surface area contributed by atoms with Crippen LogP contribution in [-0.4, -0.2) is 60.3 Å². The summed E-state index contributed by atoms with van der Waals surface area (Å²) in [7, 11) is 0. The van der Waals surface area contributed by atoms with Gasteiger partial charge in [0.15, 0.2) is 0 Å². The molecule has 1 N–H and O–H groups in total. The molecule has 0 bridgehead atoms. The number of rotatable bonds is 6. The van der Waals surface area contributed by atoms with Crippen molar-refractivity contribution in [1.82, 2.24) is 15.1 Å². The van der Waals surface area contributed by atoms with E-state index in [1.807, 2.05) is 12.1 Å². The average Bonchev–Trinajstić information content (AvgIpc) is 3.10. The summed E-state index contributed by atoms with van der Waals surface area (Å²) in [6.45, 7) is 4.93. The number of carbonyl (C=O) groups excluding carboxylic acids is 1. The van der Waals surface area contributed by atoms with E-state index in [-0.39, 0.29) is 5.78 Å². The van der Waals surface area contributed by atoms with E-state index < -0.39 is 0 Å². The minimum absolute atomic E-state index is 0.0869. The highest BCUT2D eigenvalue weighted by atomic mass is 16.5. The van der Waals surface area contributed by atoms with Crippen LogP contribution in [0.15, 0.2) is 36.5 Å². The van der Waals surface area contributed by atoms with E-state index in [1.165, 1.54) is 0 Å². The fourth-order valence-electron chi connectivity index (χ4n) is 2.38. The number of aromatic amines is 1. The molecule has 22 heavy (non-hydrogen) atoms. The van der Waals surface area contributed by atoms with Crippen LogP contribution in [0.4, 0.5) is 0 Å². The number of ketones is 1. The SMILES string of the molecule is O=C(c1cccc(OCCN2CCOCC2)c1)c1ccn[nH]1. The molecule has 116 valence electrons. The van der Waals surface area contributed by atoms with Gasteiger partial charge in [-0.3, -0.25) is 14.8 Å². The molecule has 0 amide bonds. The third-order valence-corrected chi connectivity index (χ3v) is 3.62. The van der Waals surface area contributed by atoms with E-state index in [0.717, 1.165) is 32.8 Å². The second-order valence-electron chi connectivity index (χ2n) is 5.13. The van der Waals surface area contributed by atoms with Crippen molar-refractivity contribution in [3.8, 4) is 5.75 Å². The number of benzene rings is 1. The molecule has 0 spiro atoms. The van der Waals surface area contributed by atoms with Gasteiger partial charge in [0.1, 0.15) is 18.1 Å². The zero-order valence-corrected chi connectivity index (χ0v) is 12.3. The van der Waals surface area contributed by atoms with Gasteiger partial charge >= 0.3 is 0 Å². The van der Waals surface area contributed by atoms with Gasteiger partial charge in [-0.1, -0.05) is 12.1 Å². The van der Waals surface area contributed by atoms with Crippen molar-refractivity contribution >= 4 is 5.78 Å². The first-order chi connectivity index (χ1) is 10.8. The fourth-order valence-corrected chi connectivity index (χ4v) is 2.38. The Bertz CT molecular complexity index is 607. The topological polar surface area (TPSA) is 67.4 Å². The molecular weight excluding hydrogens is 282 g/mol. The number of H-pyrrole nitrogens is 1. The van der Waals surface area contributed by atoms with E-state index in [9.17, 15) is 4.79 Å². The second-order valence-corrected chi connectivity index (χ2v) is 5.13. The third kappa shape index (κ3) is 3.72. The van der Waals surface area contributed by atoms with Crippen LogP contribution < -0.4 is 4.74 Å². The molecule has 6 nitrogen and oxygen atoms in total. The van der Waals surface area contributed by atoms with Crippen LogP contribution in [0.1, 0.15) is 16.1 Å². The van der Waals surface area contributed by atoms with Gasteiger partial charge in [0.05, 0.1) is 13.2 Å². The maximum Gasteiger partial charge on any atom is 0.210 e. The monoisotopic (exact) mass is 301 g/mol. The number of aromatic nitrogens is 2.